The monoisotopic (exact) mass is 465 g/mol. The highest BCUT2D eigenvalue weighted by molar-refractivity contribution is 7.10. The summed E-state index contributed by atoms with van der Waals surface area (Å²) in [7, 11) is 0. The van der Waals surface area contributed by atoms with Crippen molar-refractivity contribution in [3.63, 3.8) is 0 Å². The molecule has 1 aliphatic carbocycles. The van der Waals surface area contributed by atoms with Gasteiger partial charge < -0.3 is 15.1 Å². The smallest absolute Gasteiger partial charge is 0.287 e. The fraction of sp³-hybridized carbons (Fsp3) is 0.320. The minimum Gasteiger partial charge on any atom is -0.459 e. The topological polar surface area (TPSA) is 91.7 Å². The van der Waals surface area contributed by atoms with Gasteiger partial charge in [-0.2, -0.15) is 0 Å². The number of para-hydroxylation sites is 1. The second kappa shape index (κ2) is 11.0. The predicted octanol–water partition coefficient (Wildman–Crippen LogP) is 4.29. The molecule has 1 saturated carbocycles. The number of nitrogens with one attached hydrogen (secondary N) is 2. The molecule has 0 radical (unpaired) electrons. The Morgan fingerprint density at radius 2 is 1.79 bits per heavy atom. The number of carbonyl (C=O) groups excluding carboxylic acids is 3. The number of rotatable bonds is 8. The molecule has 0 spiro atoms. The average Bonchev–Trinajstić information content (AvgIpc) is 3.56. The third kappa shape index (κ3) is 5.70. The van der Waals surface area contributed by atoms with E-state index in [9.17, 15) is 14.4 Å². The lowest BCUT2D eigenvalue weighted by Gasteiger charge is -2.32. The van der Waals surface area contributed by atoms with Crippen molar-refractivity contribution in [1.82, 2.24) is 10.6 Å². The molecule has 1 unspecified atom stereocenters. The van der Waals surface area contributed by atoms with Crippen LogP contribution < -0.4 is 15.5 Å². The molecule has 0 bridgehead atoms. The number of anilines is 1. The van der Waals surface area contributed by atoms with E-state index in [2.05, 4.69) is 10.6 Å². The summed E-state index contributed by atoms with van der Waals surface area (Å²) in [4.78, 5) is 41.6. The number of thiophene rings is 1. The van der Waals surface area contributed by atoms with Crippen LogP contribution in [0.5, 0.6) is 0 Å². The Morgan fingerprint density at radius 1 is 1.00 bits per heavy atom. The molecule has 1 aromatic carbocycles. The summed E-state index contributed by atoms with van der Waals surface area (Å²) in [5, 5.41) is 7.67. The van der Waals surface area contributed by atoms with E-state index in [-0.39, 0.29) is 24.3 Å². The number of furan rings is 1. The number of amides is 3. The minimum atomic E-state index is -0.831. The van der Waals surface area contributed by atoms with Gasteiger partial charge in [-0.25, -0.2) is 0 Å². The molecule has 0 saturated heterocycles. The first-order valence-electron chi connectivity index (χ1n) is 11.2. The van der Waals surface area contributed by atoms with Gasteiger partial charge in [0.2, 0.25) is 11.8 Å². The first kappa shape index (κ1) is 22.8. The van der Waals surface area contributed by atoms with Crippen LogP contribution in [-0.2, 0) is 9.59 Å². The van der Waals surface area contributed by atoms with Crippen molar-refractivity contribution in [2.45, 2.75) is 44.2 Å². The Labute approximate surface area is 196 Å². The highest BCUT2D eigenvalue weighted by Crippen LogP contribution is 2.31. The maximum Gasteiger partial charge on any atom is 0.287 e. The van der Waals surface area contributed by atoms with E-state index in [1.807, 2.05) is 35.7 Å². The molecule has 2 aromatic heterocycles. The number of hydrogen-bond acceptors (Lipinski definition) is 5. The molecule has 8 heteroatoms. The number of carbonyl (C=O) groups is 3. The van der Waals surface area contributed by atoms with Crippen molar-refractivity contribution < 1.29 is 18.8 Å². The van der Waals surface area contributed by atoms with Gasteiger partial charge in [0.25, 0.3) is 5.91 Å². The summed E-state index contributed by atoms with van der Waals surface area (Å²) in [6, 6.07) is 15.2. The number of benzene rings is 1. The Kier molecular flexibility index (Phi) is 7.57. The van der Waals surface area contributed by atoms with Crippen molar-refractivity contribution >= 4 is 34.7 Å². The van der Waals surface area contributed by atoms with E-state index < -0.39 is 17.9 Å². The summed E-state index contributed by atoms with van der Waals surface area (Å²) in [5.74, 6) is -0.961. The van der Waals surface area contributed by atoms with Crippen molar-refractivity contribution in [3.8, 4) is 0 Å². The van der Waals surface area contributed by atoms with Gasteiger partial charge in [0.05, 0.1) is 12.8 Å². The van der Waals surface area contributed by atoms with Crippen LogP contribution in [0.2, 0.25) is 0 Å². The maximum absolute atomic E-state index is 13.6. The van der Waals surface area contributed by atoms with E-state index in [0.717, 1.165) is 30.6 Å². The molecule has 1 aliphatic rings. The molecule has 172 valence electrons. The molecule has 3 amide bonds. The molecular formula is C25H27N3O4S. The largest absolute Gasteiger partial charge is 0.459 e. The first-order chi connectivity index (χ1) is 16.1. The summed E-state index contributed by atoms with van der Waals surface area (Å²) >= 11 is 1.43. The Morgan fingerprint density at radius 3 is 2.45 bits per heavy atom. The summed E-state index contributed by atoms with van der Waals surface area (Å²) in [6.07, 6.45) is 6.66. The summed E-state index contributed by atoms with van der Waals surface area (Å²) in [5.41, 5.74) is 0.590. The third-order valence-corrected chi connectivity index (χ3v) is 6.64. The highest BCUT2D eigenvalue weighted by Gasteiger charge is 2.34. The van der Waals surface area contributed by atoms with E-state index in [1.54, 1.807) is 18.2 Å². The fourth-order valence-electron chi connectivity index (χ4n) is 4.11. The molecule has 3 aromatic rings. The number of nitrogens with zero attached hydrogens (tertiary/aromatic N) is 1. The van der Waals surface area contributed by atoms with Crippen LogP contribution in [0.25, 0.3) is 0 Å². The number of hydrogen-bond donors (Lipinski definition) is 2. The zero-order valence-corrected chi connectivity index (χ0v) is 19.1. The van der Waals surface area contributed by atoms with Crippen molar-refractivity contribution in [1.29, 1.82) is 0 Å². The average molecular weight is 466 g/mol. The van der Waals surface area contributed by atoms with Gasteiger partial charge in [-0.3, -0.25) is 19.3 Å². The van der Waals surface area contributed by atoms with Gasteiger partial charge in [0.1, 0.15) is 6.04 Å². The van der Waals surface area contributed by atoms with E-state index in [4.69, 9.17) is 4.42 Å². The SMILES string of the molecule is O=C(NCC(=O)N(c1ccccc1)C(C(=O)NC1CCCCC1)c1cccs1)c1ccco1. The van der Waals surface area contributed by atoms with Crippen LogP contribution in [0.4, 0.5) is 5.69 Å². The maximum atomic E-state index is 13.6. The lowest BCUT2D eigenvalue weighted by molar-refractivity contribution is -0.126. The molecule has 0 aliphatic heterocycles. The standard InChI is InChI=1S/C25H27N3O4S/c29-22(17-26-24(30)20-13-7-15-32-20)28(19-11-5-2-6-12-19)23(21-14-8-16-33-21)25(31)27-18-9-3-1-4-10-18/h2,5-8,11-16,18,23H,1,3-4,9-10,17H2,(H,26,30)(H,27,31). The predicted molar refractivity (Wildman–Crippen MR) is 127 cm³/mol. The van der Waals surface area contributed by atoms with Gasteiger partial charge in [0, 0.05) is 16.6 Å². The summed E-state index contributed by atoms with van der Waals surface area (Å²) in [6.45, 7) is -0.271. The van der Waals surface area contributed by atoms with Gasteiger partial charge in [-0.05, 0) is 48.6 Å². The molecule has 2 heterocycles. The molecular weight excluding hydrogens is 438 g/mol. The lowest BCUT2D eigenvalue weighted by Crippen LogP contribution is -2.49. The Hall–Kier alpha value is -3.39. The third-order valence-electron chi connectivity index (χ3n) is 5.72. The van der Waals surface area contributed by atoms with Gasteiger partial charge >= 0.3 is 0 Å². The molecule has 7 nitrogen and oxygen atoms in total. The first-order valence-corrected chi connectivity index (χ1v) is 12.0. The molecule has 1 atom stereocenters. The van der Waals surface area contributed by atoms with Crippen LogP contribution in [0.15, 0.2) is 70.7 Å². The molecule has 4 rings (SSSR count). The second-order valence-electron chi connectivity index (χ2n) is 8.02. The van der Waals surface area contributed by atoms with Crippen LogP contribution in [-0.4, -0.2) is 30.3 Å². The highest BCUT2D eigenvalue weighted by atomic mass is 32.1. The van der Waals surface area contributed by atoms with Gasteiger partial charge in [-0.1, -0.05) is 43.5 Å². The van der Waals surface area contributed by atoms with Gasteiger partial charge in [0.15, 0.2) is 5.76 Å². The van der Waals surface area contributed by atoms with Crippen LogP contribution in [0, 0.1) is 0 Å². The normalized spacial score (nSPS) is 14.9. The quantitative estimate of drug-likeness (QED) is 0.519. The summed E-state index contributed by atoms with van der Waals surface area (Å²) < 4.78 is 5.10. The zero-order chi connectivity index (χ0) is 23.0. The Balaban J connectivity index is 1.60. The van der Waals surface area contributed by atoms with Crippen molar-refractivity contribution in [2.24, 2.45) is 0 Å². The van der Waals surface area contributed by atoms with Crippen molar-refractivity contribution in [3.05, 3.63) is 76.9 Å². The second-order valence-corrected chi connectivity index (χ2v) is 9.00. The lowest BCUT2D eigenvalue weighted by atomic mass is 9.95. The fourth-order valence-corrected chi connectivity index (χ4v) is 4.92. The Bertz CT molecular complexity index is 1040. The van der Waals surface area contributed by atoms with Crippen LogP contribution in [0.3, 0.4) is 0 Å². The molecule has 33 heavy (non-hydrogen) atoms. The molecule has 2 N–H and O–H groups in total. The van der Waals surface area contributed by atoms with Gasteiger partial charge in [-0.15, -0.1) is 11.3 Å². The van der Waals surface area contributed by atoms with E-state index >= 15 is 0 Å². The van der Waals surface area contributed by atoms with Crippen LogP contribution >= 0.6 is 11.3 Å². The van der Waals surface area contributed by atoms with E-state index in [0.29, 0.717) is 5.69 Å². The van der Waals surface area contributed by atoms with E-state index in [1.165, 1.54) is 35.0 Å². The zero-order valence-electron chi connectivity index (χ0n) is 18.2. The molecule has 1 fully saturated rings. The van der Waals surface area contributed by atoms with Crippen molar-refractivity contribution in [2.75, 3.05) is 11.4 Å². The minimum absolute atomic E-state index is 0.111. The van der Waals surface area contributed by atoms with Crippen LogP contribution in [0.1, 0.15) is 53.6 Å².